The van der Waals surface area contributed by atoms with Crippen LogP contribution >= 0.6 is 0 Å². The summed E-state index contributed by atoms with van der Waals surface area (Å²) in [5.74, 6) is 0. The van der Waals surface area contributed by atoms with Crippen molar-refractivity contribution in [3.05, 3.63) is 29.8 Å². The smallest absolute Gasteiger partial charge is 0.0402 e. The van der Waals surface area contributed by atoms with E-state index in [0.717, 1.165) is 6.04 Å². The van der Waals surface area contributed by atoms with Crippen LogP contribution in [0.2, 0.25) is 0 Å². The number of likely N-dealkylation sites (tertiary alicyclic amines) is 1. The Labute approximate surface area is 104 Å². The standard InChI is InChI=1S/C15H22N2/c1-2-16-10-8-14(9-11-16)17-12-7-13-5-3-4-6-15(13)17/h3-6,14H,2,7-12H2,1H3. The van der Waals surface area contributed by atoms with Gasteiger partial charge in [-0.15, -0.1) is 0 Å². The highest BCUT2D eigenvalue weighted by Crippen LogP contribution is 2.32. The SMILES string of the molecule is CCN1CCC(N2CCc3ccccc32)CC1. The third-order valence-electron chi connectivity index (χ3n) is 4.37. The van der Waals surface area contributed by atoms with Crippen LogP contribution in [0.5, 0.6) is 0 Å². The van der Waals surface area contributed by atoms with Crippen molar-refractivity contribution < 1.29 is 0 Å². The van der Waals surface area contributed by atoms with Gasteiger partial charge in [-0.25, -0.2) is 0 Å². The van der Waals surface area contributed by atoms with Crippen molar-refractivity contribution in [2.45, 2.75) is 32.2 Å². The molecule has 0 spiro atoms. The van der Waals surface area contributed by atoms with Crippen molar-refractivity contribution >= 4 is 5.69 Å². The lowest BCUT2D eigenvalue weighted by molar-refractivity contribution is 0.219. The third kappa shape index (κ3) is 2.06. The number of para-hydroxylation sites is 1. The minimum Gasteiger partial charge on any atom is -0.368 e. The predicted molar refractivity (Wildman–Crippen MR) is 72.6 cm³/mol. The Morgan fingerprint density at radius 3 is 2.65 bits per heavy atom. The van der Waals surface area contributed by atoms with Crippen LogP contribution in [0.3, 0.4) is 0 Å². The van der Waals surface area contributed by atoms with E-state index in [-0.39, 0.29) is 0 Å². The van der Waals surface area contributed by atoms with Gasteiger partial charge in [0.25, 0.3) is 0 Å². The monoisotopic (exact) mass is 230 g/mol. The van der Waals surface area contributed by atoms with E-state index in [4.69, 9.17) is 0 Å². The summed E-state index contributed by atoms with van der Waals surface area (Å²) in [5.41, 5.74) is 3.05. The number of hydrogen-bond acceptors (Lipinski definition) is 2. The fraction of sp³-hybridized carbons (Fsp3) is 0.600. The maximum atomic E-state index is 2.66. The number of piperidine rings is 1. The molecule has 0 radical (unpaired) electrons. The zero-order chi connectivity index (χ0) is 11.7. The second kappa shape index (κ2) is 4.69. The van der Waals surface area contributed by atoms with Crippen LogP contribution in [-0.4, -0.2) is 37.1 Å². The first-order valence-corrected chi connectivity index (χ1v) is 6.95. The molecule has 0 atom stereocenters. The van der Waals surface area contributed by atoms with Crippen LogP contribution in [0.15, 0.2) is 24.3 Å². The Morgan fingerprint density at radius 2 is 1.88 bits per heavy atom. The molecule has 1 aromatic carbocycles. The summed E-state index contributed by atoms with van der Waals surface area (Å²) < 4.78 is 0. The molecule has 1 fully saturated rings. The van der Waals surface area contributed by atoms with Crippen molar-refractivity contribution in [2.24, 2.45) is 0 Å². The minimum atomic E-state index is 0.779. The van der Waals surface area contributed by atoms with Gasteiger partial charge in [0.15, 0.2) is 0 Å². The zero-order valence-corrected chi connectivity index (χ0v) is 10.7. The molecule has 2 aliphatic heterocycles. The van der Waals surface area contributed by atoms with E-state index >= 15 is 0 Å². The van der Waals surface area contributed by atoms with Gasteiger partial charge in [0.05, 0.1) is 0 Å². The molecule has 2 nitrogen and oxygen atoms in total. The molecule has 0 unspecified atom stereocenters. The van der Waals surface area contributed by atoms with Gasteiger partial charge in [0.1, 0.15) is 0 Å². The molecule has 0 bridgehead atoms. The van der Waals surface area contributed by atoms with E-state index in [1.807, 2.05) is 0 Å². The average molecular weight is 230 g/mol. The summed E-state index contributed by atoms with van der Waals surface area (Å²) in [6.45, 7) is 7.27. The maximum absolute atomic E-state index is 2.66. The van der Waals surface area contributed by atoms with E-state index in [0.29, 0.717) is 0 Å². The van der Waals surface area contributed by atoms with Crippen LogP contribution < -0.4 is 4.90 Å². The molecular weight excluding hydrogens is 208 g/mol. The summed E-state index contributed by atoms with van der Waals surface area (Å²) in [4.78, 5) is 5.22. The summed E-state index contributed by atoms with van der Waals surface area (Å²) in [5, 5.41) is 0. The number of fused-ring (bicyclic) bond motifs is 1. The molecule has 0 aromatic heterocycles. The first-order chi connectivity index (χ1) is 8.38. The fourth-order valence-electron chi connectivity index (χ4n) is 3.29. The highest BCUT2D eigenvalue weighted by molar-refractivity contribution is 5.58. The highest BCUT2D eigenvalue weighted by Gasteiger charge is 2.28. The average Bonchev–Trinajstić information content (AvgIpc) is 2.83. The van der Waals surface area contributed by atoms with Crippen molar-refractivity contribution in [2.75, 3.05) is 31.1 Å². The van der Waals surface area contributed by atoms with Crippen molar-refractivity contribution in [1.29, 1.82) is 0 Å². The number of hydrogen-bond donors (Lipinski definition) is 0. The van der Waals surface area contributed by atoms with E-state index < -0.39 is 0 Å². The first kappa shape index (κ1) is 11.1. The highest BCUT2D eigenvalue weighted by atomic mass is 15.2. The summed E-state index contributed by atoms with van der Waals surface area (Å²) in [6.07, 6.45) is 3.91. The quantitative estimate of drug-likeness (QED) is 0.770. The second-order valence-electron chi connectivity index (χ2n) is 5.24. The van der Waals surface area contributed by atoms with Crippen molar-refractivity contribution in [3.8, 4) is 0 Å². The van der Waals surface area contributed by atoms with Crippen LogP contribution in [-0.2, 0) is 6.42 Å². The molecule has 2 heteroatoms. The minimum absolute atomic E-state index is 0.779. The summed E-state index contributed by atoms with van der Waals surface area (Å²) >= 11 is 0. The number of benzene rings is 1. The first-order valence-electron chi connectivity index (χ1n) is 6.95. The molecule has 2 aliphatic rings. The molecule has 2 heterocycles. The maximum Gasteiger partial charge on any atom is 0.0402 e. The lowest BCUT2D eigenvalue weighted by Crippen LogP contribution is -2.44. The summed E-state index contributed by atoms with van der Waals surface area (Å²) in [7, 11) is 0. The van der Waals surface area contributed by atoms with E-state index in [2.05, 4.69) is 41.0 Å². The molecule has 92 valence electrons. The van der Waals surface area contributed by atoms with Crippen LogP contribution in [0.1, 0.15) is 25.3 Å². The predicted octanol–water partition coefficient (Wildman–Crippen LogP) is 2.53. The topological polar surface area (TPSA) is 6.48 Å². The van der Waals surface area contributed by atoms with E-state index in [9.17, 15) is 0 Å². The van der Waals surface area contributed by atoms with Gasteiger partial charge in [-0.2, -0.15) is 0 Å². The molecule has 1 saturated heterocycles. The summed E-state index contributed by atoms with van der Waals surface area (Å²) in [6, 6.07) is 9.72. The zero-order valence-electron chi connectivity index (χ0n) is 10.7. The van der Waals surface area contributed by atoms with Crippen molar-refractivity contribution in [3.63, 3.8) is 0 Å². The Bertz CT molecular complexity index is 380. The van der Waals surface area contributed by atoms with Gasteiger partial charge in [0, 0.05) is 31.4 Å². The van der Waals surface area contributed by atoms with Gasteiger partial charge in [-0.05, 0) is 37.4 Å². The molecule has 0 saturated carbocycles. The van der Waals surface area contributed by atoms with Gasteiger partial charge in [-0.1, -0.05) is 25.1 Å². The van der Waals surface area contributed by atoms with Crippen LogP contribution in [0.25, 0.3) is 0 Å². The normalized spacial score (nSPS) is 21.8. The second-order valence-corrected chi connectivity index (χ2v) is 5.24. The molecular formula is C15H22N2. The van der Waals surface area contributed by atoms with E-state index in [1.54, 1.807) is 5.56 Å². The fourth-order valence-corrected chi connectivity index (χ4v) is 3.29. The molecule has 0 amide bonds. The molecule has 3 rings (SSSR count). The largest absolute Gasteiger partial charge is 0.368 e. The lowest BCUT2D eigenvalue weighted by Gasteiger charge is -2.37. The van der Waals surface area contributed by atoms with Crippen LogP contribution in [0, 0.1) is 0 Å². The molecule has 0 aliphatic carbocycles. The third-order valence-corrected chi connectivity index (χ3v) is 4.37. The van der Waals surface area contributed by atoms with Crippen molar-refractivity contribution in [1.82, 2.24) is 4.90 Å². The van der Waals surface area contributed by atoms with E-state index in [1.165, 1.54) is 51.1 Å². The van der Waals surface area contributed by atoms with Gasteiger partial charge < -0.3 is 9.80 Å². The Hall–Kier alpha value is -1.02. The molecule has 1 aromatic rings. The number of rotatable bonds is 2. The number of nitrogens with zero attached hydrogens (tertiary/aromatic N) is 2. The molecule has 17 heavy (non-hydrogen) atoms. The number of anilines is 1. The van der Waals surface area contributed by atoms with Crippen LogP contribution in [0.4, 0.5) is 5.69 Å². The van der Waals surface area contributed by atoms with Gasteiger partial charge >= 0.3 is 0 Å². The van der Waals surface area contributed by atoms with Gasteiger partial charge in [-0.3, -0.25) is 0 Å². The molecule has 0 N–H and O–H groups in total. The Morgan fingerprint density at radius 1 is 1.12 bits per heavy atom. The van der Waals surface area contributed by atoms with Gasteiger partial charge in [0.2, 0.25) is 0 Å². The Kier molecular flexibility index (Phi) is 3.06. The Balaban J connectivity index is 1.71. The lowest BCUT2D eigenvalue weighted by atomic mass is 10.0.